The molecular weight excluding hydrogens is 457 g/mol. The fraction of sp³-hybridized carbons (Fsp3) is 0.759. The van der Waals surface area contributed by atoms with Crippen LogP contribution in [0.3, 0.4) is 0 Å². The van der Waals surface area contributed by atoms with Gasteiger partial charge in [-0.1, -0.05) is 18.2 Å². The van der Waals surface area contributed by atoms with E-state index in [2.05, 4.69) is 17.2 Å². The summed E-state index contributed by atoms with van der Waals surface area (Å²) in [6.45, 7) is 5.32. The average molecular weight is 498 g/mol. The van der Waals surface area contributed by atoms with Crippen molar-refractivity contribution in [3.05, 3.63) is 24.0 Å². The summed E-state index contributed by atoms with van der Waals surface area (Å²) in [4.78, 5) is 13.7. The normalized spacial score (nSPS) is 42.1. The lowest BCUT2D eigenvalue weighted by molar-refractivity contribution is -0.175. The Morgan fingerprint density at radius 1 is 1.14 bits per heavy atom. The van der Waals surface area contributed by atoms with Crippen LogP contribution < -0.4 is 0 Å². The molecule has 1 heterocycles. The van der Waals surface area contributed by atoms with Gasteiger partial charge in [0.2, 0.25) is 0 Å². The Hall–Kier alpha value is -1.86. The maximum absolute atomic E-state index is 14.1. The van der Waals surface area contributed by atoms with Crippen molar-refractivity contribution in [1.82, 2.24) is 15.0 Å². The number of ether oxygens (including phenoxy) is 1. The molecule has 4 fully saturated rings. The molecule has 1 N–H and O–H groups in total. The van der Waals surface area contributed by atoms with Gasteiger partial charge >= 0.3 is 0 Å². The first-order chi connectivity index (χ1) is 17.2. The Morgan fingerprint density at radius 3 is 2.78 bits per heavy atom. The van der Waals surface area contributed by atoms with E-state index >= 15 is 0 Å². The first-order valence-electron chi connectivity index (χ1n) is 13.9. The van der Waals surface area contributed by atoms with Gasteiger partial charge in [0.05, 0.1) is 17.7 Å². The molecule has 0 radical (unpaired) electrons. The number of carbonyl (C=O) groups is 1. The first kappa shape index (κ1) is 24.5. The number of Topliss-reactive ketones (excluding diaryl/α,β-unsaturated/α-hetero) is 1. The summed E-state index contributed by atoms with van der Waals surface area (Å²) in [5, 5.41) is 19.0. The van der Waals surface area contributed by atoms with Gasteiger partial charge in [-0.25, -0.2) is 9.07 Å². The summed E-state index contributed by atoms with van der Waals surface area (Å²) in [6.07, 6.45) is 9.37. The van der Waals surface area contributed by atoms with Crippen molar-refractivity contribution in [1.29, 1.82) is 0 Å². The summed E-state index contributed by atoms with van der Waals surface area (Å²) in [7, 11) is 1.83. The quantitative estimate of drug-likeness (QED) is 0.616. The van der Waals surface area contributed by atoms with Crippen LogP contribution in [0.4, 0.5) is 4.39 Å². The van der Waals surface area contributed by atoms with Crippen molar-refractivity contribution in [2.75, 3.05) is 13.7 Å². The zero-order chi connectivity index (χ0) is 25.3. The number of benzene rings is 1. The third kappa shape index (κ3) is 3.59. The van der Waals surface area contributed by atoms with Crippen LogP contribution in [-0.2, 0) is 16.1 Å². The Bertz CT molecular complexity index is 1160. The fourth-order valence-corrected chi connectivity index (χ4v) is 9.64. The largest absolute Gasteiger partial charge is 0.390 e. The fourth-order valence-electron chi connectivity index (χ4n) is 9.64. The number of rotatable bonds is 5. The molecule has 1 aromatic heterocycles. The van der Waals surface area contributed by atoms with E-state index in [-0.39, 0.29) is 34.6 Å². The molecule has 6 rings (SSSR count). The summed E-state index contributed by atoms with van der Waals surface area (Å²) >= 11 is 0. The maximum Gasteiger partial charge on any atom is 0.157 e. The van der Waals surface area contributed by atoms with Crippen LogP contribution in [0.5, 0.6) is 0 Å². The average Bonchev–Trinajstić information content (AvgIpc) is 3.41. The molecule has 6 nitrogen and oxygen atoms in total. The van der Waals surface area contributed by atoms with E-state index in [1.54, 1.807) is 16.8 Å². The number of hydrogen-bond donors (Lipinski definition) is 1. The van der Waals surface area contributed by atoms with E-state index in [4.69, 9.17) is 4.74 Å². The van der Waals surface area contributed by atoms with Crippen LogP contribution in [0.2, 0.25) is 0 Å². The lowest BCUT2D eigenvalue weighted by Gasteiger charge is -2.62. The second-order valence-corrected chi connectivity index (χ2v) is 13.0. The minimum atomic E-state index is -0.558. The molecule has 0 spiro atoms. The topological polar surface area (TPSA) is 77.2 Å². The van der Waals surface area contributed by atoms with Gasteiger partial charge in [-0.05, 0) is 111 Å². The van der Waals surface area contributed by atoms with Crippen LogP contribution in [-0.4, -0.2) is 45.2 Å². The molecular formula is C29H40FN3O3. The molecule has 0 amide bonds. The predicted octanol–water partition coefficient (Wildman–Crippen LogP) is 5.18. The highest BCUT2D eigenvalue weighted by Crippen LogP contribution is 2.68. The molecule has 8 atom stereocenters. The van der Waals surface area contributed by atoms with E-state index < -0.39 is 11.4 Å². The lowest BCUT2D eigenvalue weighted by atomic mass is 9.43. The van der Waals surface area contributed by atoms with E-state index in [9.17, 15) is 14.3 Å². The smallest absolute Gasteiger partial charge is 0.157 e. The van der Waals surface area contributed by atoms with Crippen LogP contribution >= 0.6 is 0 Å². The zero-order valence-corrected chi connectivity index (χ0v) is 21.9. The van der Waals surface area contributed by atoms with E-state index in [1.807, 2.05) is 14.0 Å². The maximum atomic E-state index is 14.1. The molecule has 1 aromatic carbocycles. The van der Waals surface area contributed by atoms with Gasteiger partial charge in [0.1, 0.15) is 12.1 Å². The summed E-state index contributed by atoms with van der Waals surface area (Å²) in [5.74, 6) is 2.13. The highest BCUT2D eigenvalue weighted by Gasteiger charge is 2.63. The molecule has 4 aliphatic rings. The predicted molar refractivity (Wildman–Crippen MR) is 135 cm³/mol. The summed E-state index contributed by atoms with van der Waals surface area (Å²) in [6, 6.07) is 4.81. The molecule has 0 aliphatic heterocycles. The Kier molecular flexibility index (Phi) is 5.84. The standard InChI is InChI=1S/C29H40FN3O3/c1-27(35)13-14-29(17-36-3)18(15-27)7-8-19-20-9-10-22(28(20,2)12-11-21(19)29)25(34)16-33-24-6-4-5-23(30)26(24)31-32-33/h4-6,18-22,35H,7-17H2,1-3H3/t18-,19-,20?,21?,22+,27+,28-,29+/m0/s1. The van der Waals surface area contributed by atoms with Crippen molar-refractivity contribution < 1.29 is 19.0 Å². The number of hydrogen-bond acceptors (Lipinski definition) is 5. The number of methoxy groups -OCH3 is 1. The molecule has 2 aromatic rings. The number of aliphatic hydroxyl groups is 1. The van der Waals surface area contributed by atoms with Crippen molar-refractivity contribution in [2.24, 2.45) is 40.4 Å². The van der Waals surface area contributed by atoms with Gasteiger partial charge in [-0.2, -0.15) is 0 Å². The highest BCUT2D eigenvalue weighted by molar-refractivity contribution is 5.84. The highest BCUT2D eigenvalue weighted by atomic mass is 19.1. The molecule has 4 saturated carbocycles. The van der Waals surface area contributed by atoms with Gasteiger partial charge < -0.3 is 9.84 Å². The number of halogens is 1. The lowest BCUT2D eigenvalue weighted by Crippen LogP contribution is -2.58. The summed E-state index contributed by atoms with van der Waals surface area (Å²) < 4.78 is 21.6. The Balaban J connectivity index is 1.24. The van der Waals surface area contributed by atoms with Crippen molar-refractivity contribution in [2.45, 2.75) is 83.8 Å². The Morgan fingerprint density at radius 2 is 1.97 bits per heavy atom. The number of nitrogens with zero attached hydrogens (tertiary/aromatic N) is 3. The number of aromatic nitrogens is 3. The molecule has 0 bridgehead atoms. The van der Waals surface area contributed by atoms with Crippen LogP contribution in [0.15, 0.2) is 18.2 Å². The third-order valence-electron chi connectivity index (χ3n) is 11.3. The molecule has 36 heavy (non-hydrogen) atoms. The number of fused-ring (bicyclic) bond motifs is 6. The van der Waals surface area contributed by atoms with E-state index in [1.165, 1.54) is 12.5 Å². The monoisotopic (exact) mass is 497 g/mol. The SMILES string of the molecule is COC[C@]12CC[C@@](C)(O)C[C@@H]1CC[C@@H]1C2CC[C@@]2(C)C1CC[C@@H]2C(=O)Cn1nnc2c(F)cccc21. The molecule has 7 heteroatoms. The molecule has 2 unspecified atom stereocenters. The van der Waals surface area contributed by atoms with Crippen LogP contribution in [0.1, 0.15) is 71.6 Å². The van der Waals surface area contributed by atoms with Gasteiger partial charge in [0.25, 0.3) is 0 Å². The van der Waals surface area contributed by atoms with Gasteiger partial charge in [0, 0.05) is 13.0 Å². The van der Waals surface area contributed by atoms with E-state index in [0.29, 0.717) is 29.2 Å². The summed E-state index contributed by atoms with van der Waals surface area (Å²) in [5.41, 5.74) is 0.415. The van der Waals surface area contributed by atoms with Crippen LogP contribution in [0, 0.1) is 46.2 Å². The Labute approximate surface area is 213 Å². The zero-order valence-electron chi connectivity index (χ0n) is 21.9. The third-order valence-corrected chi connectivity index (χ3v) is 11.3. The van der Waals surface area contributed by atoms with Crippen molar-refractivity contribution in [3.63, 3.8) is 0 Å². The minimum Gasteiger partial charge on any atom is -0.390 e. The second kappa shape index (κ2) is 8.59. The second-order valence-electron chi connectivity index (χ2n) is 13.0. The number of carbonyl (C=O) groups excluding carboxylic acids is 1. The molecule has 196 valence electrons. The van der Waals surface area contributed by atoms with Gasteiger partial charge in [0.15, 0.2) is 11.6 Å². The minimum absolute atomic E-state index is 0.00113. The van der Waals surface area contributed by atoms with Crippen molar-refractivity contribution in [3.8, 4) is 0 Å². The van der Waals surface area contributed by atoms with Gasteiger partial charge in [-0.3, -0.25) is 4.79 Å². The van der Waals surface area contributed by atoms with Gasteiger partial charge in [-0.15, -0.1) is 5.10 Å². The molecule has 0 saturated heterocycles. The van der Waals surface area contributed by atoms with Crippen molar-refractivity contribution >= 4 is 16.8 Å². The van der Waals surface area contributed by atoms with Crippen LogP contribution in [0.25, 0.3) is 11.0 Å². The number of ketones is 1. The first-order valence-corrected chi connectivity index (χ1v) is 13.9. The van der Waals surface area contributed by atoms with E-state index in [0.717, 1.165) is 58.0 Å². The molecule has 4 aliphatic carbocycles.